The van der Waals surface area contributed by atoms with Crippen LogP contribution in [0.1, 0.15) is 13.8 Å². The van der Waals surface area contributed by atoms with E-state index in [1.54, 1.807) is 11.9 Å². The highest BCUT2D eigenvalue weighted by atomic mass is 16.6. The fraction of sp³-hybridized carbons (Fsp3) is 0.462. The van der Waals surface area contributed by atoms with Gasteiger partial charge >= 0.3 is 0 Å². The van der Waals surface area contributed by atoms with Crippen LogP contribution in [0.2, 0.25) is 0 Å². The van der Waals surface area contributed by atoms with Gasteiger partial charge in [-0.3, -0.25) is 14.9 Å². The summed E-state index contributed by atoms with van der Waals surface area (Å²) in [6.07, 6.45) is 0. The van der Waals surface area contributed by atoms with E-state index in [0.717, 1.165) is 0 Å². The first-order valence-electron chi connectivity index (χ1n) is 6.40. The van der Waals surface area contributed by atoms with Gasteiger partial charge in [-0.1, -0.05) is 0 Å². The average Bonchev–Trinajstić information content (AvgIpc) is 2.45. The number of hydrogen-bond acceptors (Lipinski definition) is 5. The number of carbonyl (C=O) groups excluding carboxylic acids is 1. The highest BCUT2D eigenvalue weighted by Crippen LogP contribution is 2.28. The molecule has 0 atom stereocenters. The molecular weight excluding hydrogens is 262 g/mol. The Hall–Kier alpha value is -2.31. The molecule has 0 aliphatic carbocycles. The van der Waals surface area contributed by atoms with Crippen LogP contribution >= 0.6 is 0 Å². The van der Waals surface area contributed by atoms with Crippen molar-refractivity contribution in [2.45, 2.75) is 13.8 Å². The van der Waals surface area contributed by atoms with E-state index < -0.39 is 4.92 Å². The summed E-state index contributed by atoms with van der Waals surface area (Å²) >= 11 is 0. The van der Waals surface area contributed by atoms with Gasteiger partial charge in [0, 0.05) is 32.3 Å². The molecule has 0 aromatic heterocycles. The maximum Gasteiger partial charge on any atom is 0.292 e. The normalized spacial score (nSPS) is 9.95. The molecule has 1 rings (SSSR count). The number of nitro groups is 1. The van der Waals surface area contributed by atoms with Crippen molar-refractivity contribution in [1.82, 2.24) is 4.90 Å². The van der Waals surface area contributed by atoms with Gasteiger partial charge in [0.15, 0.2) is 6.61 Å². The largest absolute Gasteiger partial charge is 0.484 e. The van der Waals surface area contributed by atoms with Gasteiger partial charge in [-0.2, -0.15) is 0 Å². The minimum atomic E-state index is -0.476. The van der Waals surface area contributed by atoms with E-state index in [1.807, 2.05) is 13.8 Å². The van der Waals surface area contributed by atoms with Gasteiger partial charge in [-0.15, -0.1) is 0 Å². The molecule has 1 aromatic carbocycles. The first-order valence-corrected chi connectivity index (χ1v) is 6.40. The lowest BCUT2D eigenvalue weighted by Crippen LogP contribution is -2.34. The van der Waals surface area contributed by atoms with E-state index in [0.29, 0.717) is 24.5 Å². The lowest BCUT2D eigenvalue weighted by Gasteiger charge is -2.18. The Morgan fingerprint density at radius 3 is 2.55 bits per heavy atom. The van der Waals surface area contributed by atoms with E-state index in [1.165, 1.54) is 18.2 Å². The maximum absolute atomic E-state index is 11.8. The van der Waals surface area contributed by atoms with Crippen molar-refractivity contribution >= 4 is 17.3 Å². The first kappa shape index (κ1) is 15.7. The summed E-state index contributed by atoms with van der Waals surface area (Å²) in [4.78, 5) is 23.8. The molecule has 0 aliphatic rings. The predicted octanol–water partition coefficient (Wildman–Crippen LogP) is 1.88. The molecule has 0 saturated carbocycles. The quantitative estimate of drug-likeness (QED) is 0.609. The number of benzene rings is 1. The zero-order chi connectivity index (χ0) is 15.1. The lowest BCUT2D eigenvalue weighted by molar-refractivity contribution is -0.384. The Bertz CT molecular complexity index is 487. The predicted molar refractivity (Wildman–Crippen MR) is 76.1 cm³/mol. The molecule has 0 fully saturated rings. The third kappa shape index (κ3) is 3.84. The number of nitro benzene ring substituents is 1. The molecule has 7 heteroatoms. The fourth-order valence-electron chi connectivity index (χ4n) is 1.78. The number of anilines is 1. The minimum absolute atomic E-state index is 0.0325. The monoisotopic (exact) mass is 281 g/mol. The number of ether oxygens (including phenoxy) is 1. The van der Waals surface area contributed by atoms with Crippen molar-refractivity contribution in [3.8, 4) is 5.75 Å². The number of nitrogens with zero attached hydrogens (tertiary/aromatic N) is 2. The van der Waals surface area contributed by atoms with Gasteiger partial charge in [0.05, 0.1) is 4.92 Å². The molecule has 0 radical (unpaired) electrons. The summed E-state index contributed by atoms with van der Waals surface area (Å²) in [6.45, 7) is 4.96. The summed E-state index contributed by atoms with van der Waals surface area (Å²) in [5, 5.41) is 13.5. The Morgan fingerprint density at radius 1 is 1.40 bits per heavy atom. The van der Waals surface area contributed by atoms with Gasteiger partial charge < -0.3 is 15.0 Å². The van der Waals surface area contributed by atoms with Crippen LogP contribution in [-0.2, 0) is 4.79 Å². The third-order valence-corrected chi connectivity index (χ3v) is 2.91. The summed E-state index contributed by atoms with van der Waals surface area (Å²) < 4.78 is 5.38. The summed E-state index contributed by atoms with van der Waals surface area (Å²) in [6, 6.07) is 4.34. The van der Waals surface area contributed by atoms with Crippen LogP contribution in [0.4, 0.5) is 11.4 Å². The lowest BCUT2D eigenvalue weighted by atomic mass is 10.2. The van der Waals surface area contributed by atoms with Crippen molar-refractivity contribution in [2.75, 3.05) is 32.1 Å². The van der Waals surface area contributed by atoms with E-state index in [4.69, 9.17) is 4.74 Å². The van der Waals surface area contributed by atoms with Gasteiger partial charge in [0.2, 0.25) is 0 Å². The second-order valence-electron chi connectivity index (χ2n) is 4.04. The molecule has 1 N–H and O–H groups in total. The van der Waals surface area contributed by atoms with Crippen LogP contribution in [0.5, 0.6) is 5.75 Å². The van der Waals surface area contributed by atoms with Crippen molar-refractivity contribution in [3.05, 3.63) is 28.3 Å². The molecule has 0 unspecified atom stereocenters. The second kappa shape index (κ2) is 7.32. The number of rotatable bonds is 7. The molecule has 7 nitrogen and oxygen atoms in total. The van der Waals surface area contributed by atoms with Crippen LogP contribution in [0.25, 0.3) is 0 Å². The minimum Gasteiger partial charge on any atom is -0.484 e. The molecule has 0 heterocycles. The highest BCUT2D eigenvalue weighted by Gasteiger charge is 2.15. The molecular formula is C13H19N3O4. The van der Waals surface area contributed by atoms with Gasteiger partial charge in [0.25, 0.3) is 11.6 Å². The van der Waals surface area contributed by atoms with Crippen LogP contribution in [-0.4, -0.2) is 42.5 Å². The van der Waals surface area contributed by atoms with E-state index in [9.17, 15) is 14.9 Å². The van der Waals surface area contributed by atoms with Gasteiger partial charge in [-0.25, -0.2) is 0 Å². The Labute approximate surface area is 117 Å². The topological polar surface area (TPSA) is 84.7 Å². The Balaban J connectivity index is 2.74. The standard InChI is InChI=1S/C13H19N3O4/c1-4-15(5-2)13(17)9-20-10-6-7-12(16(18)19)11(8-10)14-3/h6-8,14H,4-5,9H2,1-3H3. The number of amides is 1. The van der Waals surface area contributed by atoms with Gasteiger partial charge in [-0.05, 0) is 19.9 Å². The molecule has 1 aromatic rings. The van der Waals surface area contributed by atoms with Crippen LogP contribution < -0.4 is 10.1 Å². The van der Waals surface area contributed by atoms with Gasteiger partial charge in [0.1, 0.15) is 11.4 Å². The molecule has 0 spiro atoms. The highest BCUT2D eigenvalue weighted by molar-refractivity contribution is 5.77. The maximum atomic E-state index is 11.8. The van der Waals surface area contributed by atoms with E-state index in [2.05, 4.69) is 5.32 Å². The fourth-order valence-corrected chi connectivity index (χ4v) is 1.78. The average molecular weight is 281 g/mol. The van der Waals surface area contributed by atoms with Crippen molar-refractivity contribution in [2.24, 2.45) is 0 Å². The van der Waals surface area contributed by atoms with Crippen LogP contribution in [0.15, 0.2) is 18.2 Å². The second-order valence-corrected chi connectivity index (χ2v) is 4.04. The van der Waals surface area contributed by atoms with Crippen molar-refractivity contribution in [3.63, 3.8) is 0 Å². The number of likely N-dealkylation sites (N-methyl/N-ethyl adjacent to an activating group) is 1. The zero-order valence-corrected chi connectivity index (χ0v) is 11.9. The first-order chi connectivity index (χ1) is 9.53. The molecule has 0 saturated heterocycles. The van der Waals surface area contributed by atoms with Crippen LogP contribution in [0.3, 0.4) is 0 Å². The Morgan fingerprint density at radius 2 is 2.05 bits per heavy atom. The summed E-state index contributed by atoms with van der Waals surface area (Å²) in [5.41, 5.74) is 0.317. The van der Waals surface area contributed by atoms with E-state index >= 15 is 0 Å². The van der Waals surface area contributed by atoms with Crippen molar-refractivity contribution < 1.29 is 14.5 Å². The number of carbonyl (C=O) groups is 1. The molecule has 1 amide bonds. The molecule has 110 valence electrons. The smallest absolute Gasteiger partial charge is 0.292 e. The molecule has 20 heavy (non-hydrogen) atoms. The van der Waals surface area contributed by atoms with Crippen LogP contribution in [0, 0.1) is 10.1 Å². The molecule has 0 aliphatic heterocycles. The SMILES string of the molecule is CCN(CC)C(=O)COc1ccc([N+](=O)[O-])c(NC)c1. The molecule has 0 bridgehead atoms. The Kier molecular flexibility index (Phi) is 5.76. The third-order valence-electron chi connectivity index (χ3n) is 2.91. The summed E-state index contributed by atoms with van der Waals surface area (Å²) in [5.74, 6) is 0.305. The summed E-state index contributed by atoms with van der Waals surface area (Å²) in [7, 11) is 1.59. The van der Waals surface area contributed by atoms with E-state index in [-0.39, 0.29) is 18.2 Å². The zero-order valence-electron chi connectivity index (χ0n) is 11.9. The van der Waals surface area contributed by atoms with Crippen molar-refractivity contribution in [1.29, 1.82) is 0 Å². The number of hydrogen-bond donors (Lipinski definition) is 1. The number of nitrogens with one attached hydrogen (secondary N) is 1.